The Balaban J connectivity index is 1.46. The van der Waals surface area contributed by atoms with Crippen LogP contribution in [0.25, 0.3) is 28.0 Å². The maximum absolute atomic E-state index is 13.0. The Bertz CT molecular complexity index is 1550. The van der Waals surface area contributed by atoms with E-state index in [4.69, 9.17) is 0 Å². The van der Waals surface area contributed by atoms with Crippen LogP contribution >= 0.6 is 0 Å². The van der Waals surface area contributed by atoms with Crippen molar-refractivity contribution < 1.29 is 23.1 Å². The van der Waals surface area contributed by atoms with Crippen LogP contribution in [0.5, 0.6) is 6.01 Å². The minimum Gasteiger partial charge on any atom is -0.479 e. The molecule has 1 amide bonds. The van der Waals surface area contributed by atoms with Gasteiger partial charge in [-0.15, -0.1) is 0 Å². The lowest BCUT2D eigenvalue weighted by Crippen LogP contribution is -2.14. The average Bonchev–Trinajstić information content (AvgIpc) is 3.28. The van der Waals surface area contributed by atoms with Gasteiger partial charge in [-0.05, 0) is 36.4 Å². The van der Waals surface area contributed by atoms with Crippen LogP contribution in [0, 0.1) is 0 Å². The first kappa shape index (κ1) is 22.0. The number of halogens is 3. The maximum Gasteiger partial charge on any atom is 0.416 e. The van der Waals surface area contributed by atoms with Crippen molar-refractivity contribution in [2.45, 2.75) is 6.18 Å². The van der Waals surface area contributed by atoms with Gasteiger partial charge in [0.25, 0.3) is 5.91 Å². The number of carbonyl (C=O) groups excluding carboxylic acids is 1. The number of benzene rings is 2. The molecule has 0 saturated heterocycles. The zero-order valence-electron chi connectivity index (χ0n) is 17.7. The number of carbonyl (C=O) groups is 1. The summed E-state index contributed by atoms with van der Waals surface area (Å²) in [6, 6.07) is 12.5. The smallest absolute Gasteiger partial charge is 0.416 e. The summed E-state index contributed by atoms with van der Waals surface area (Å²) < 4.78 is 40.6. The number of hydrogen-bond acceptors (Lipinski definition) is 6. The van der Waals surface area contributed by atoms with Gasteiger partial charge in [-0.3, -0.25) is 4.79 Å². The van der Waals surface area contributed by atoms with Gasteiger partial charge in [0.2, 0.25) is 0 Å². The molecular formula is C24H15F3N6O2. The molecule has 3 heterocycles. The SMILES string of the molecule is O=C(Nc1cccc(-c2ccnc3c(-c4cnc(O)nc4)cnn23)c1)c1cccc(C(F)(F)F)c1. The van der Waals surface area contributed by atoms with Gasteiger partial charge >= 0.3 is 12.2 Å². The molecule has 0 aliphatic carbocycles. The Hall–Kier alpha value is -4.80. The number of hydrogen-bond donors (Lipinski definition) is 2. The zero-order chi connectivity index (χ0) is 24.6. The second kappa shape index (κ2) is 8.52. The van der Waals surface area contributed by atoms with Crippen molar-refractivity contribution in [1.29, 1.82) is 0 Å². The fourth-order valence-corrected chi connectivity index (χ4v) is 3.57. The van der Waals surface area contributed by atoms with Gasteiger partial charge in [-0.25, -0.2) is 19.5 Å². The molecule has 8 nitrogen and oxygen atoms in total. The summed E-state index contributed by atoms with van der Waals surface area (Å²) in [5.74, 6) is -0.665. The fraction of sp³-hybridized carbons (Fsp3) is 0.0417. The molecule has 5 aromatic rings. The average molecular weight is 476 g/mol. The number of fused-ring (bicyclic) bond motifs is 1. The number of rotatable bonds is 4. The standard InChI is InChI=1S/C24H15F3N6O2/c25-24(26,27)17-5-1-4-15(9-17)22(34)32-18-6-2-3-14(10-18)20-7-8-28-21-19(13-31-33(20)21)16-11-29-23(35)30-12-16/h1-13H,(H,32,34)(H,29,30,35). The Labute approximate surface area is 195 Å². The highest BCUT2D eigenvalue weighted by Gasteiger charge is 2.30. The fourth-order valence-electron chi connectivity index (χ4n) is 3.57. The molecule has 3 aromatic heterocycles. The molecule has 5 rings (SSSR count). The lowest BCUT2D eigenvalue weighted by atomic mass is 10.1. The summed E-state index contributed by atoms with van der Waals surface area (Å²) in [5.41, 5.74) is 2.54. The third-order valence-corrected chi connectivity index (χ3v) is 5.22. The Morgan fingerprint density at radius 2 is 1.69 bits per heavy atom. The summed E-state index contributed by atoms with van der Waals surface area (Å²) in [7, 11) is 0. The van der Waals surface area contributed by atoms with Gasteiger partial charge in [0.1, 0.15) is 0 Å². The molecule has 0 atom stereocenters. The quantitative estimate of drug-likeness (QED) is 0.385. The number of aromatic nitrogens is 5. The van der Waals surface area contributed by atoms with Crippen LogP contribution in [0.4, 0.5) is 18.9 Å². The van der Waals surface area contributed by atoms with Crippen LogP contribution in [0.1, 0.15) is 15.9 Å². The van der Waals surface area contributed by atoms with E-state index >= 15 is 0 Å². The van der Waals surface area contributed by atoms with Gasteiger partial charge in [0.05, 0.1) is 17.5 Å². The molecule has 2 aromatic carbocycles. The van der Waals surface area contributed by atoms with Crippen molar-refractivity contribution in [3.05, 3.63) is 90.5 Å². The molecule has 0 unspecified atom stereocenters. The van der Waals surface area contributed by atoms with Gasteiger partial charge < -0.3 is 10.4 Å². The van der Waals surface area contributed by atoms with E-state index in [1.807, 2.05) is 0 Å². The largest absolute Gasteiger partial charge is 0.479 e. The summed E-state index contributed by atoms with van der Waals surface area (Å²) >= 11 is 0. The number of anilines is 1. The second-order valence-electron chi connectivity index (χ2n) is 7.51. The van der Waals surface area contributed by atoms with E-state index in [2.05, 4.69) is 25.4 Å². The van der Waals surface area contributed by atoms with Crippen LogP contribution in [0.3, 0.4) is 0 Å². The predicted molar refractivity (Wildman–Crippen MR) is 121 cm³/mol. The van der Waals surface area contributed by atoms with Crippen molar-refractivity contribution in [1.82, 2.24) is 24.6 Å². The minimum absolute atomic E-state index is 0.107. The molecule has 35 heavy (non-hydrogen) atoms. The van der Waals surface area contributed by atoms with Crippen molar-refractivity contribution in [2.75, 3.05) is 5.32 Å². The predicted octanol–water partition coefficient (Wildman–Crippen LogP) is 4.83. The lowest BCUT2D eigenvalue weighted by molar-refractivity contribution is -0.137. The van der Waals surface area contributed by atoms with E-state index in [9.17, 15) is 23.1 Å². The lowest BCUT2D eigenvalue weighted by Gasteiger charge is -2.11. The second-order valence-corrected chi connectivity index (χ2v) is 7.51. The molecule has 0 spiro atoms. The number of nitrogens with one attached hydrogen (secondary N) is 1. The van der Waals surface area contributed by atoms with Gasteiger partial charge in [0.15, 0.2) is 5.65 Å². The van der Waals surface area contributed by atoms with Gasteiger partial charge in [0, 0.05) is 46.5 Å². The number of amides is 1. The molecule has 2 N–H and O–H groups in total. The highest BCUT2D eigenvalue weighted by molar-refractivity contribution is 6.04. The highest BCUT2D eigenvalue weighted by Crippen LogP contribution is 2.30. The molecule has 11 heteroatoms. The van der Waals surface area contributed by atoms with E-state index in [0.717, 1.165) is 12.1 Å². The van der Waals surface area contributed by atoms with Crippen molar-refractivity contribution in [3.8, 4) is 28.4 Å². The van der Waals surface area contributed by atoms with Crippen LogP contribution in [-0.2, 0) is 6.18 Å². The molecule has 0 bridgehead atoms. The first-order valence-electron chi connectivity index (χ1n) is 10.2. The van der Waals surface area contributed by atoms with Crippen molar-refractivity contribution in [2.24, 2.45) is 0 Å². The first-order chi connectivity index (χ1) is 16.8. The van der Waals surface area contributed by atoms with E-state index in [0.29, 0.717) is 33.7 Å². The molecule has 0 radical (unpaired) electrons. The third-order valence-electron chi connectivity index (χ3n) is 5.22. The van der Waals surface area contributed by atoms with E-state index in [-0.39, 0.29) is 11.6 Å². The third kappa shape index (κ3) is 4.38. The van der Waals surface area contributed by atoms with E-state index in [1.165, 1.54) is 24.5 Å². The monoisotopic (exact) mass is 476 g/mol. The Morgan fingerprint density at radius 1 is 0.914 bits per heavy atom. The molecule has 174 valence electrons. The van der Waals surface area contributed by atoms with Gasteiger partial charge in [-0.2, -0.15) is 18.3 Å². The number of nitrogens with zero attached hydrogens (tertiary/aromatic N) is 5. The highest BCUT2D eigenvalue weighted by atomic mass is 19.4. The minimum atomic E-state index is -4.54. The summed E-state index contributed by atoms with van der Waals surface area (Å²) in [6.45, 7) is 0. The molecule has 0 aliphatic rings. The van der Waals surface area contributed by atoms with Crippen molar-refractivity contribution in [3.63, 3.8) is 0 Å². The number of alkyl halides is 3. The first-order valence-corrected chi connectivity index (χ1v) is 10.2. The van der Waals surface area contributed by atoms with Crippen LogP contribution in [0.2, 0.25) is 0 Å². The Kier molecular flexibility index (Phi) is 5.36. The van der Waals surface area contributed by atoms with Crippen molar-refractivity contribution >= 4 is 17.2 Å². The zero-order valence-corrected chi connectivity index (χ0v) is 17.7. The summed E-state index contributed by atoms with van der Waals surface area (Å²) in [4.78, 5) is 24.6. The molecule has 0 saturated carbocycles. The van der Waals surface area contributed by atoms with E-state index in [1.54, 1.807) is 47.2 Å². The number of aromatic hydroxyl groups is 1. The molecule has 0 fully saturated rings. The maximum atomic E-state index is 13.0. The normalized spacial score (nSPS) is 11.5. The van der Waals surface area contributed by atoms with Crippen LogP contribution in [-0.4, -0.2) is 35.6 Å². The van der Waals surface area contributed by atoms with Crippen LogP contribution < -0.4 is 5.32 Å². The summed E-state index contributed by atoms with van der Waals surface area (Å²) in [6.07, 6.45) is 1.57. The van der Waals surface area contributed by atoms with E-state index < -0.39 is 17.6 Å². The molecular weight excluding hydrogens is 461 g/mol. The molecule has 0 aliphatic heterocycles. The Morgan fingerprint density at radius 3 is 2.46 bits per heavy atom. The van der Waals surface area contributed by atoms with Gasteiger partial charge in [-0.1, -0.05) is 18.2 Å². The summed E-state index contributed by atoms with van der Waals surface area (Å²) in [5, 5.41) is 16.4. The topological polar surface area (TPSA) is 105 Å². The van der Waals surface area contributed by atoms with Crippen LogP contribution in [0.15, 0.2) is 79.4 Å².